The maximum atomic E-state index is 14.3. The quantitative estimate of drug-likeness (QED) is 0.655. The molecule has 0 saturated carbocycles. The summed E-state index contributed by atoms with van der Waals surface area (Å²) in [5.41, 5.74) is 3.60. The van der Waals surface area contributed by atoms with E-state index in [1.807, 2.05) is 43.1 Å². The van der Waals surface area contributed by atoms with Gasteiger partial charge in [0.15, 0.2) is 5.82 Å². The molecular formula is C21H23F2N3O2. The van der Waals surface area contributed by atoms with Crippen molar-refractivity contribution in [1.82, 2.24) is 14.7 Å². The summed E-state index contributed by atoms with van der Waals surface area (Å²) < 4.78 is 28.9. The highest BCUT2D eigenvalue weighted by atomic mass is 19.1. The van der Waals surface area contributed by atoms with Gasteiger partial charge in [0.05, 0.1) is 18.4 Å². The van der Waals surface area contributed by atoms with Gasteiger partial charge in [-0.2, -0.15) is 5.10 Å². The number of aliphatic hydroxyl groups is 2. The van der Waals surface area contributed by atoms with Crippen LogP contribution in [0.25, 0.3) is 16.9 Å². The highest BCUT2D eigenvalue weighted by molar-refractivity contribution is 5.66. The summed E-state index contributed by atoms with van der Waals surface area (Å²) >= 11 is 0. The van der Waals surface area contributed by atoms with Gasteiger partial charge in [0, 0.05) is 36.5 Å². The summed E-state index contributed by atoms with van der Waals surface area (Å²) in [6.07, 6.45) is 0.858. The Bertz CT molecular complexity index is 959. The summed E-state index contributed by atoms with van der Waals surface area (Å²) in [6.45, 7) is 2.36. The maximum Gasteiger partial charge on any atom is 0.151 e. The fourth-order valence-electron chi connectivity index (χ4n) is 3.15. The Balaban J connectivity index is 2.03. The molecular weight excluding hydrogens is 364 g/mol. The van der Waals surface area contributed by atoms with Crippen molar-refractivity contribution >= 4 is 0 Å². The van der Waals surface area contributed by atoms with E-state index in [9.17, 15) is 13.9 Å². The molecule has 28 heavy (non-hydrogen) atoms. The molecule has 0 aliphatic rings. The largest absolute Gasteiger partial charge is 0.394 e. The van der Waals surface area contributed by atoms with Crippen LogP contribution < -0.4 is 0 Å². The number of hydrogen-bond donors (Lipinski definition) is 2. The van der Waals surface area contributed by atoms with Gasteiger partial charge >= 0.3 is 0 Å². The topological polar surface area (TPSA) is 61.5 Å². The Hall–Kier alpha value is -2.61. The zero-order chi connectivity index (χ0) is 20.3. The van der Waals surface area contributed by atoms with E-state index in [-0.39, 0.29) is 18.8 Å². The molecule has 3 aromatic rings. The first-order chi connectivity index (χ1) is 13.4. The third-order valence-electron chi connectivity index (χ3n) is 4.52. The van der Waals surface area contributed by atoms with E-state index in [1.165, 1.54) is 16.8 Å². The maximum absolute atomic E-state index is 14.3. The predicted molar refractivity (Wildman–Crippen MR) is 103 cm³/mol. The van der Waals surface area contributed by atoms with Crippen LogP contribution >= 0.6 is 0 Å². The van der Waals surface area contributed by atoms with E-state index in [0.717, 1.165) is 22.8 Å². The van der Waals surface area contributed by atoms with Crippen LogP contribution in [0.4, 0.5) is 8.78 Å². The SMILES string of the molecule is Cc1ccccc1-c1nn(-c2ccc(F)cc2F)cc1CN(C)CC(O)CO. The van der Waals surface area contributed by atoms with Gasteiger partial charge in [-0.05, 0) is 31.7 Å². The van der Waals surface area contributed by atoms with Gasteiger partial charge in [-0.1, -0.05) is 24.3 Å². The minimum atomic E-state index is -0.850. The number of nitrogens with zero attached hydrogens (tertiary/aromatic N) is 3. The number of rotatable bonds is 7. The molecule has 0 amide bonds. The van der Waals surface area contributed by atoms with Gasteiger partial charge in [-0.25, -0.2) is 13.5 Å². The van der Waals surface area contributed by atoms with E-state index in [1.54, 1.807) is 6.20 Å². The molecule has 1 aromatic heterocycles. The average molecular weight is 387 g/mol. The van der Waals surface area contributed by atoms with Crippen molar-refractivity contribution < 1.29 is 19.0 Å². The fraction of sp³-hybridized carbons (Fsp3) is 0.286. The molecule has 0 saturated heterocycles. The fourth-order valence-corrected chi connectivity index (χ4v) is 3.15. The summed E-state index contributed by atoms with van der Waals surface area (Å²) in [4.78, 5) is 1.85. The monoisotopic (exact) mass is 387 g/mol. The van der Waals surface area contributed by atoms with Gasteiger partial charge in [0.2, 0.25) is 0 Å². The zero-order valence-corrected chi connectivity index (χ0v) is 15.8. The van der Waals surface area contributed by atoms with Crippen LogP contribution in [0, 0.1) is 18.6 Å². The van der Waals surface area contributed by atoms with Crippen molar-refractivity contribution in [3.63, 3.8) is 0 Å². The predicted octanol–water partition coefficient (Wildman–Crippen LogP) is 2.91. The Morgan fingerprint density at radius 1 is 1.18 bits per heavy atom. The second-order valence-electron chi connectivity index (χ2n) is 6.89. The second kappa shape index (κ2) is 8.60. The molecule has 5 nitrogen and oxygen atoms in total. The van der Waals surface area contributed by atoms with Gasteiger partial charge in [0.25, 0.3) is 0 Å². The Morgan fingerprint density at radius 2 is 1.93 bits per heavy atom. The molecule has 148 valence electrons. The molecule has 0 radical (unpaired) electrons. The van der Waals surface area contributed by atoms with Gasteiger partial charge in [-0.3, -0.25) is 4.90 Å². The Morgan fingerprint density at radius 3 is 2.61 bits per heavy atom. The molecule has 0 aliphatic carbocycles. The number of hydrogen-bond acceptors (Lipinski definition) is 4. The number of aromatic nitrogens is 2. The molecule has 3 rings (SSSR count). The van der Waals surface area contributed by atoms with Crippen LogP contribution in [0.15, 0.2) is 48.7 Å². The number of likely N-dealkylation sites (N-methyl/N-ethyl adjacent to an activating group) is 1. The van der Waals surface area contributed by atoms with Gasteiger partial charge in [-0.15, -0.1) is 0 Å². The lowest BCUT2D eigenvalue weighted by Crippen LogP contribution is -2.31. The normalized spacial score (nSPS) is 12.5. The molecule has 0 fully saturated rings. The van der Waals surface area contributed by atoms with Crippen molar-refractivity contribution in [3.05, 3.63) is 71.4 Å². The summed E-state index contributed by atoms with van der Waals surface area (Å²) in [5.74, 6) is -1.35. The van der Waals surface area contributed by atoms with Crippen LogP contribution in [0.2, 0.25) is 0 Å². The lowest BCUT2D eigenvalue weighted by atomic mass is 10.0. The Kier molecular flexibility index (Phi) is 6.18. The smallest absolute Gasteiger partial charge is 0.151 e. The number of halogens is 2. The minimum absolute atomic E-state index is 0.153. The van der Waals surface area contributed by atoms with E-state index in [2.05, 4.69) is 5.10 Å². The van der Waals surface area contributed by atoms with Gasteiger partial charge < -0.3 is 10.2 Å². The van der Waals surface area contributed by atoms with Crippen LogP contribution in [0.5, 0.6) is 0 Å². The third kappa shape index (κ3) is 4.44. The molecule has 0 spiro atoms. The van der Waals surface area contributed by atoms with E-state index >= 15 is 0 Å². The van der Waals surface area contributed by atoms with Crippen molar-refractivity contribution in [3.8, 4) is 16.9 Å². The van der Waals surface area contributed by atoms with Crippen LogP contribution in [-0.2, 0) is 6.54 Å². The first-order valence-electron chi connectivity index (χ1n) is 8.96. The summed E-state index contributed by atoms with van der Waals surface area (Å²) in [6, 6.07) is 11.1. The van der Waals surface area contributed by atoms with Gasteiger partial charge in [0.1, 0.15) is 11.5 Å². The molecule has 1 atom stereocenters. The lowest BCUT2D eigenvalue weighted by molar-refractivity contribution is 0.0648. The van der Waals surface area contributed by atoms with E-state index in [0.29, 0.717) is 12.2 Å². The second-order valence-corrected chi connectivity index (χ2v) is 6.89. The number of benzene rings is 2. The zero-order valence-electron chi connectivity index (χ0n) is 15.8. The molecule has 7 heteroatoms. The molecule has 2 aromatic carbocycles. The van der Waals surface area contributed by atoms with Crippen LogP contribution in [0.1, 0.15) is 11.1 Å². The molecule has 0 bridgehead atoms. The molecule has 0 aliphatic heterocycles. The standard InChI is InChI=1S/C21H23F2N3O2/c1-14-5-3-4-6-18(14)21-15(10-25(2)12-17(28)13-27)11-26(24-21)20-8-7-16(22)9-19(20)23/h3-9,11,17,27-28H,10,12-13H2,1-2H3. The highest BCUT2D eigenvalue weighted by Crippen LogP contribution is 2.28. The van der Waals surface area contributed by atoms with Crippen molar-refractivity contribution in [2.45, 2.75) is 19.6 Å². The van der Waals surface area contributed by atoms with Crippen LogP contribution in [-0.4, -0.2) is 51.2 Å². The van der Waals surface area contributed by atoms with E-state index in [4.69, 9.17) is 5.11 Å². The first kappa shape index (κ1) is 20.1. The molecule has 1 heterocycles. The van der Waals surface area contributed by atoms with Crippen LogP contribution in [0.3, 0.4) is 0 Å². The van der Waals surface area contributed by atoms with Crippen molar-refractivity contribution in [2.75, 3.05) is 20.2 Å². The first-order valence-corrected chi connectivity index (χ1v) is 8.96. The third-order valence-corrected chi connectivity index (χ3v) is 4.52. The molecule has 2 N–H and O–H groups in total. The minimum Gasteiger partial charge on any atom is -0.394 e. The Labute approximate surface area is 162 Å². The summed E-state index contributed by atoms with van der Waals surface area (Å²) in [7, 11) is 1.82. The lowest BCUT2D eigenvalue weighted by Gasteiger charge is -2.19. The van der Waals surface area contributed by atoms with E-state index < -0.39 is 17.7 Å². The average Bonchev–Trinajstić information content (AvgIpc) is 3.04. The van der Waals surface area contributed by atoms with Crippen molar-refractivity contribution in [1.29, 1.82) is 0 Å². The number of aryl methyl sites for hydroxylation is 1. The number of aliphatic hydroxyl groups excluding tert-OH is 2. The van der Waals surface area contributed by atoms with Crippen molar-refractivity contribution in [2.24, 2.45) is 0 Å². The highest BCUT2D eigenvalue weighted by Gasteiger charge is 2.18. The summed E-state index contributed by atoms with van der Waals surface area (Å²) in [5, 5.41) is 23.3. The molecule has 1 unspecified atom stereocenters.